The Balaban J connectivity index is 1.59. The minimum Gasteiger partial charge on any atom is -0.493 e. The first kappa shape index (κ1) is 21.4. The predicted molar refractivity (Wildman–Crippen MR) is 119 cm³/mol. The van der Waals surface area contributed by atoms with Gasteiger partial charge in [-0.25, -0.2) is 5.43 Å². The molecule has 1 aliphatic rings. The van der Waals surface area contributed by atoms with Crippen LogP contribution in [-0.2, 0) is 10.2 Å². The minimum atomic E-state index is -0.0503. The SMILES string of the molecule is COc1cc(/C=N/NC(=O)[C@H]2C[C@@H]2c2ccc(C(C)(C)C)cc2)cc(Br)c1OC. The van der Waals surface area contributed by atoms with Crippen molar-refractivity contribution >= 4 is 28.1 Å². The van der Waals surface area contributed by atoms with Crippen LogP contribution in [0.5, 0.6) is 11.5 Å². The highest BCUT2D eigenvalue weighted by Gasteiger charge is 2.44. The molecule has 0 aromatic heterocycles. The van der Waals surface area contributed by atoms with Gasteiger partial charge in [0, 0.05) is 5.92 Å². The topological polar surface area (TPSA) is 59.9 Å². The number of methoxy groups -OCH3 is 2. The van der Waals surface area contributed by atoms with Crippen molar-refractivity contribution in [2.45, 2.75) is 38.5 Å². The highest BCUT2D eigenvalue weighted by molar-refractivity contribution is 9.10. The Morgan fingerprint density at radius 3 is 2.45 bits per heavy atom. The molecule has 0 heterocycles. The molecule has 2 atom stereocenters. The second kappa shape index (κ2) is 8.57. The molecule has 2 aromatic rings. The number of hydrogen-bond donors (Lipinski definition) is 1. The summed E-state index contributed by atoms with van der Waals surface area (Å²) in [7, 11) is 3.16. The highest BCUT2D eigenvalue weighted by Crippen LogP contribution is 2.47. The summed E-state index contributed by atoms with van der Waals surface area (Å²) in [5.41, 5.74) is 6.09. The van der Waals surface area contributed by atoms with Gasteiger partial charge in [-0.2, -0.15) is 5.10 Å². The van der Waals surface area contributed by atoms with Gasteiger partial charge in [-0.3, -0.25) is 4.79 Å². The molecule has 1 saturated carbocycles. The summed E-state index contributed by atoms with van der Waals surface area (Å²) in [6.45, 7) is 6.60. The van der Waals surface area contributed by atoms with Gasteiger partial charge in [0.05, 0.1) is 24.9 Å². The number of hydrogen-bond acceptors (Lipinski definition) is 4. The van der Waals surface area contributed by atoms with Crippen LogP contribution < -0.4 is 14.9 Å². The third kappa shape index (κ3) is 4.99. The number of carbonyl (C=O) groups is 1. The van der Waals surface area contributed by atoms with Gasteiger partial charge >= 0.3 is 0 Å². The van der Waals surface area contributed by atoms with E-state index >= 15 is 0 Å². The highest BCUT2D eigenvalue weighted by atomic mass is 79.9. The summed E-state index contributed by atoms with van der Waals surface area (Å²) in [5.74, 6) is 1.41. The number of nitrogens with one attached hydrogen (secondary N) is 1. The molecule has 6 heteroatoms. The summed E-state index contributed by atoms with van der Waals surface area (Å²) in [6, 6.07) is 12.3. The van der Waals surface area contributed by atoms with Crippen LogP contribution in [0.25, 0.3) is 0 Å². The Bertz CT molecular complexity index is 917. The number of hydrazone groups is 1. The molecule has 0 aliphatic heterocycles. The average Bonchev–Trinajstić information content (AvgIpc) is 3.48. The molecule has 2 aromatic carbocycles. The molecule has 0 radical (unpaired) electrons. The maximum absolute atomic E-state index is 12.4. The van der Waals surface area contributed by atoms with Crippen molar-refractivity contribution in [3.05, 3.63) is 57.6 Å². The van der Waals surface area contributed by atoms with Gasteiger partial charge in [-0.05, 0) is 62.5 Å². The number of benzene rings is 2. The van der Waals surface area contributed by atoms with Gasteiger partial charge in [0.2, 0.25) is 5.91 Å². The Kier molecular flexibility index (Phi) is 6.32. The molecule has 1 N–H and O–H groups in total. The Morgan fingerprint density at radius 1 is 1.17 bits per heavy atom. The zero-order valence-electron chi connectivity index (χ0n) is 17.5. The van der Waals surface area contributed by atoms with Crippen LogP contribution >= 0.6 is 15.9 Å². The number of halogens is 1. The number of ether oxygens (including phenoxy) is 2. The standard InChI is InChI=1S/C23H27BrN2O3/c1-23(2,3)16-8-6-15(7-9-16)17-12-18(17)22(27)26-25-13-14-10-19(24)21(29-5)20(11-14)28-4/h6-11,13,17-18H,12H2,1-5H3,(H,26,27)/b25-13+/t17-,18+/m1/s1. The van der Waals surface area contributed by atoms with E-state index in [0.717, 1.165) is 16.5 Å². The molecule has 29 heavy (non-hydrogen) atoms. The molecule has 5 nitrogen and oxygen atoms in total. The van der Waals surface area contributed by atoms with Crippen molar-refractivity contribution in [2.75, 3.05) is 14.2 Å². The van der Waals surface area contributed by atoms with Crippen molar-refractivity contribution in [3.8, 4) is 11.5 Å². The van der Waals surface area contributed by atoms with Crippen molar-refractivity contribution in [3.63, 3.8) is 0 Å². The molecular formula is C23H27BrN2O3. The first-order valence-electron chi connectivity index (χ1n) is 9.59. The van der Waals surface area contributed by atoms with Crippen LogP contribution in [0.2, 0.25) is 0 Å². The van der Waals surface area contributed by atoms with Crippen molar-refractivity contribution in [2.24, 2.45) is 11.0 Å². The minimum absolute atomic E-state index is 0.0234. The molecule has 3 rings (SSSR count). The van der Waals surface area contributed by atoms with E-state index in [-0.39, 0.29) is 23.2 Å². The summed E-state index contributed by atoms with van der Waals surface area (Å²) >= 11 is 3.45. The lowest BCUT2D eigenvalue weighted by Gasteiger charge is -2.19. The predicted octanol–water partition coefficient (Wildman–Crippen LogP) is 5.02. The fourth-order valence-electron chi connectivity index (χ4n) is 3.35. The lowest BCUT2D eigenvalue weighted by atomic mass is 9.86. The van der Waals surface area contributed by atoms with E-state index in [2.05, 4.69) is 71.5 Å². The summed E-state index contributed by atoms with van der Waals surface area (Å²) in [6.07, 6.45) is 2.46. The smallest absolute Gasteiger partial charge is 0.243 e. The van der Waals surface area contributed by atoms with Crippen LogP contribution in [0, 0.1) is 5.92 Å². The molecule has 1 amide bonds. The zero-order valence-corrected chi connectivity index (χ0v) is 19.0. The number of amides is 1. The molecule has 1 fully saturated rings. The van der Waals surface area contributed by atoms with E-state index in [1.54, 1.807) is 26.5 Å². The fourth-order valence-corrected chi connectivity index (χ4v) is 3.97. The molecule has 154 valence electrons. The molecule has 0 saturated heterocycles. The van der Waals surface area contributed by atoms with Gasteiger partial charge < -0.3 is 9.47 Å². The fraction of sp³-hybridized carbons (Fsp3) is 0.391. The Labute approximate surface area is 180 Å². The maximum Gasteiger partial charge on any atom is 0.243 e. The molecule has 0 spiro atoms. The largest absolute Gasteiger partial charge is 0.493 e. The van der Waals surface area contributed by atoms with Crippen molar-refractivity contribution < 1.29 is 14.3 Å². The van der Waals surface area contributed by atoms with Gasteiger partial charge in [0.15, 0.2) is 11.5 Å². The summed E-state index contributed by atoms with van der Waals surface area (Å²) in [5, 5.41) is 4.11. The zero-order chi connectivity index (χ0) is 21.2. The first-order valence-corrected chi connectivity index (χ1v) is 10.4. The Morgan fingerprint density at radius 2 is 1.86 bits per heavy atom. The number of carbonyl (C=O) groups excluding carboxylic acids is 1. The van der Waals surface area contributed by atoms with Gasteiger partial charge in [-0.1, -0.05) is 45.0 Å². The lowest BCUT2D eigenvalue weighted by molar-refractivity contribution is -0.122. The van der Waals surface area contributed by atoms with E-state index < -0.39 is 0 Å². The second-order valence-electron chi connectivity index (χ2n) is 8.29. The van der Waals surface area contributed by atoms with Crippen LogP contribution in [0.3, 0.4) is 0 Å². The molecular weight excluding hydrogens is 432 g/mol. The first-order chi connectivity index (χ1) is 13.7. The second-order valence-corrected chi connectivity index (χ2v) is 9.15. The molecule has 0 bridgehead atoms. The van der Waals surface area contributed by atoms with Gasteiger partial charge in [-0.15, -0.1) is 0 Å². The van der Waals surface area contributed by atoms with E-state index in [0.29, 0.717) is 11.5 Å². The molecule has 0 unspecified atom stereocenters. The maximum atomic E-state index is 12.4. The number of rotatable bonds is 6. The summed E-state index contributed by atoms with van der Waals surface area (Å²) in [4.78, 5) is 12.4. The van der Waals surface area contributed by atoms with Crippen LogP contribution in [0.15, 0.2) is 46.0 Å². The summed E-state index contributed by atoms with van der Waals surface area (Å²) < 4.78 is 11.4. The van der Waals surface area contributed by atoms with E-state index in [9.17, 15) is 4.79 Å². The van der Waals surface area contributed by atoms with Crippen LogP contribution in [0.1, 0.15) is 49.8 Å². The number of nitrogens with zero attached hydrogens (tertiary/aromatic N) is 1. The van der Waals surface area contributed by atoms with Crippen molar-refractivity contribution in [1.29, 1.82) is 0 Å². The van der Waals surface area contributed by atoms with Gasteiger partial charge in [0.25, 0.3) is 0 Å². The quantitative estimate of drug-likeness (QED) is 0.488. The average molecular weight is 459 g/mol. The van der Waals surface area contributed by atoms with Crippen molar-refractivity contribution in [1.82, 2.24) is 5.43 Å². The van der Waals surface area contributed by atoms with Crippen LogP contribution in [0.4, 0.5) is 0 Å². The third-order valence-corrected chi connectivity index (χ3v) is 5.77. The normalized spacial score (nSPS) is 18.6. The Hall–Kier alpha value is -2.34. The lowest BCUT2D eigenvalue weighted by Crippen LogP contribution is -2.20. The van der Waals surface area contributed by atoms with Gasteiger partial charge in [0.1, 0.15) is 0 Å². The molecule has 1 aliphatic carbocycles. The van der Waals surface area contributed by atoms with E-state index in [1.165, 1.54) is 11.1 Å². The van der Waals surface area contributed by atoms with E-state index in [1.807, 2.05) is 6.07 Å². The van der Waals surface area contributed by atoms with Crippen LogP contribution in [-0.4, -0.2) is 26.3 Å². The monoisotopic (exact) mass is 458 g/mol. The van der Waals surface area contributed by atoms with E-state index in [4.69, 9.17) is 9.47 Å². The third-order valence-electron chi connectivity index (χ3n) is 5.18.